The molecule has 22 heavy (non-hydrogen) atoms. The lowest BCUT2D eigenvalue weighted by Crippen LogP contribution is -2.30. The number of likely N-dealkylation sites (tertiary alicyclic amines) is 1. The number of hydrogen-bond acceptors (Lipinski definition) is 4. The van der Waals surface area contributed by atoms with E-state index in [1.54, 1.807) is 0 Å². The fourth-order valence-corrected chi connectivity index (χ4v) is 3.15. The molecule has 0 aliphatic carbocycles. The average Bonchev–Trinajstić information content (AvgIpc) is 2.98. The lowest BCUT2D eigenvalue weighted by atomic mass is 10.2. The van der Waals surface area contributed by atoms with Gasteiger partial charge in [-0.1, -0.05) is 0 Å². The first-order valence-electron chi connectivity index (χ1n) is 6.61. The minimum absolute atomic E-state index is 0.195. The van der Waals surface area contributed by atoms with E-state index in [0.29, 0.717) is 19.2 Å². The minimum Gasteiger partial charge on any atom is -0.480 e. The molecule has 120 valence electrons. The largest absolute Gasteiger partial charge is 0.480 e. The number of aliphatic carboxylic acids is 1. The first kappa shape index (κ1) is 16.4. The predicted molar refractivity (Wildman–Crippen MR) is 74.4 cm³/mol. The number of amides is 1. The van der Waals surface area contributed by atoms with Gasteiger partial charge in [-0.2, -0.15) is 4.72 Å². The van der Waals surface area contributed by atoms with Crippen molar-refractivity contribution in [3.8, 4) is 0 Å². The number of carbonyl (C=O) groups is 2. The molecule has 0 atom stereocenters. The van der Waals surface area contributed by atoms with Gasteiger partial charge in [-0.25, -0.2) is 12.8 Å². The summed E-state index contributed by atoms with van der Waals surface area (Å²) in [6.45, 7) is 0.301. The maximum atomic E-state index is 14.0. The lowest BCUT2D eigenvalue weighted by Gasteiger charge is -2.16. The van der Waals surface area contributed by atoms with Crippen LogP contribution in [-0.4, -0.2) is 49.9 Å². The molecule has 1 heterocycles. The van der Waals surface area contributed by atoms with Crippen molar-refractivity contribution in [3.05, 3.63) is 29.6 Å². The van der Waals surface area contributed by atoms with Crippen LogP contribution in [0.3, 0.4) is 0 Å². The third-order valence-electron chi connectivity index (χ3n) is 3.29. The van der Waals surface area contributed by atoms with Crippen LogP contribution < -0.4 is 4.72 Å². The fourth-order valence-electron chi connectivity index (χ4n) is 2.17. The summed E-state index contributed by atoms with van der Waals surface area (Å²) in [5.41, 5.74) is -0.195. The summed E-state index contributed by atoms with van der Waals surface area (Å²) >= 11 is 0. The SMILES string of the molecule is O=C(O)CNS(=O)(=O)c1ccc(C(=O)N2CCCC2)c(F)c1. The van der Waals surface area contributed by atoms with E-state index in [4.69, 9.17) is 5.11 Å². The van der Waals surface area contributed by atoms with Gasteiger partial charge in [-0.3, -0.25) is 9.59 Å². The molecule has 7 nitrogen and oxygen atoms in total. The highest BCUT2D eigenvalue weighted by Crippen LogP contribution is 2.19. The number of rotatable bonds is 5. The van der Waals surface area contributed by atoms with E-state index in [9.17, 15) is 22.4 Å². The normalized spacial score (nSPS) is 15.0. The molecule has 9 heteroatoms. The molecule has 1 amide bonds. The van der Waals surface area contributed by atoms with Crippen LogP contribution in [0.25, 0.3) is 0 Å². The Kier molecular flexibility index (Phi) is 4.77. The molecule has 2 N–H and O–H groups in total. The molecule has 1 fully saturated rings. The Morgan fingerprint density at radius 2 is 1.91 bits per heavy atom. The van der Waals surface area contributed by atoms with Crippen LogP contribution in [0.2, 0.25) is 0 Å². The maximum Gasteiger partial charge on any atom is 0.318 e. The molecule has 0 spiro atoms. The van der Waals surface area contributed by atoms with Gasteiger partial charge in [0.2, 0.25) is 10.0 Å². The maximum absolute atomic E-state index is 14.0. The Hall–Kier alpha value is -2.00. The van der Waals surface area contributed by atoms with Gasteiger partial charge in [-0.15, -0.1) is 0 Å². The Labute approximate surface area is 126 Å². The molecule has 1 aromatic rings. The van der Waals surface area contributed by atoms with Crippen molar-refractivity contribution in [2.45, 2.75) is 17.7 Å². The number of nitrogens with zero attached hydrogens (tertiary/aromatic N) is 1. The molecule has 0 aromatic heterocycles. The first-order valence-corrected chi connectivity index (χ1v) is 8.10. The summed E-state index contributed by atoms with van der Waals surface area (Å²) in [6, 6.07) is 2.90. The summed E-state index contributed by atoms with van der Waals surface area (Å²) in [5, 5.41) is 8.47. The molecule has 2 rings (SSSR count). The molecular formula is C13H15FN2O5S. The van der Waals surface area contributed by atoms with Gasteiger partial charge in [0.1, 0.15) is 12.4 Å². The fraction of sp³-hybridized carbons (Fsp3) is 0.385. The number of carboxylic acid groups (broad SMARTS) is 1. The molecule has 1 saturated heterocycles. The Balaban J connectivity index is 2.22. The number of sulfonamides is 1. The monoisotopic (exact) mass is 330 g/mol. The number of benzene rings is 1. The first-order chi connectivity index (χ1) is 10.3. The quantitative estimate of drug-likeness (QED) is 0.814. The standard InChI is InChI=1S/C13H15FN2O5S/c14-11-7-9(22(20,21)15-8-12(17)18)3-4-10(11)13(19)16-5-1-2-6-16/h3-4,7,15H,1-2,5-6,8H2,(H,17,18). The molecule has 0 saturated carbocycles. The predicted octanol–water partition coefficient (Wildman–Crippen LogP) is 0.425. The average molecular weight is 330 g/mol. The van der Waals surface area contributed by atoms with E-state index in [0.717, 1.165) is 25.0 Å². The second-order valence-corrected chi connectivity index (χ2v) is 6.63. The van der Waals surface area contributed by atoms with E-state index in [1.165, 1.54) is 4.90 Å². The van der Waals surface area contributed by atoms with Gasteiger partial charge >= 0.3 is 5.97 Å². The van der Waals surface area contributed by atoms with E-state index in [1.807, 2.05) is 4.72 Å². The zero-order chi connectivity index (χ0) is 16.3. The second-order valence-electron chi connectivity index (χ2n) is 4.86. The van der Waals surface area contributed by atoms with Crippen molar-refractivity contribution in [2.24, 2.45) is 0 Å². The van der Waals surface area contributed by atoms with Crippen LogP contribution in [0.4, 0.5) is 4.39 Å². The zero-order valence-corrected chi connectivity index (χ0v) is 12.4. The van der Waals surface area contributed by atoms with Crippen molar-refractivity contribution in [3.63, 3.8) is 0 Å². The Morgan fingerprint density at radius 3 is 2.45 bits per heavy atom. The van der Waals surface area contributed by atoms with Crippen molar-refractivity contribution in [2.75, 3.05) is 19.6 Å². The Morgan fingerprint density at radius 1 is 1.27 bits per heavy atom. The lowest BCUT2D eigenvalue weighted by molar-refractivity contribution is -0.135. The topological polar surface area (TPSA) is 104 Å². The number of halogens is 1. The highest BCUT2D eigenvalue weighted by atomic mass is 32.2. The third kappa shape index (κ3) is 3.60. The van der Waals surface area contributed by atoms with Crippen LogP contribution in [0, 0.1) is 5.82 Å². The van der Waals surface area contributed by atoms with Crippen molar-refractivity contribution >= 4 is 21.9 Å². The number of carbonyl (C=O) groups excluding carboxylic acids is 1. The number of hydrogen-bond donors (Lipinski definition) is 2. The van der Waals surface area contributed by atoms with E-state index in [2.05, 4.69) is 0 Å². The highest BCUT2D eigenvalue weighted by Gasteiger charge is 2.24. The van der Waals surface area contributed by atoms with Crippen LogP contribution in [0.1, 0.15) is 23.2 Å². The van der Waals surface area contributed by atoms with Gasteiger partial charge in [0, 0.05) is 13.1 Å². The van der Waals surface area contributed by atoms with Crippen LogP contribution >= 0.6 is 0 Å². The molecule has 1 aromatic carbocycles. The summed E-state index contributed by atoms with van der Waals surface area (Å²) in [5.74, 6) is -2.78. The van der Waals surface area contributed by atoms with E-state index >= 15 is 0 Å². The van der Waals surface area contributed by atoms with Gasteiger partial charge in [0.15, 0.2) is 0 Å². The van der Waals surface area contributed by atoms with Gasteiger partial charge in [-0.05, 0) is 31.0 Å². The summed E-state index contributed by atoms with van der Waals surface area (Å²) < 4.78 is 39.4. The molecular weight excluding hydrogens is 315 g/mol. The highest BCUT2D eigenvalue weighted by molar-refractivity contribution is 7.89. The third-order valence-corrected chi connectivity index (χ3v) is 4.69. The molecule has 1 aliphatic heterocycles. The van der Waals surface area contributed by atoms with Crippen molar-refractivity contribution < 1.29 is 27.5 Å². The van der Waals surface area contributed by atoms with Gasteiger partial charge in [0.05, 0.1) is 10.5 Å². The minimum atomic E-state index is -4.14. The summed E-state index contributed by atoms with van der Waals surface area (Å²) in [4.78, 5) is 23.6. The molecule has 0 bridgehead atoms. The summed E-state index contributed by atoms with van der Waals surface area (Å²) in [6.07, 6.45) is 1.72. The molecule has 1 aliphatic rings. The van der Waals surface area contributed by atoms with Crippen LogP contribution in [-0.2, 0) is 14.8 Å². The number of nitrogens with one attached hydrogen (secondary N) is 1. The second kappa shape index (κ2) is 6.41. The van der Waals surface area contributed by atoms with Crippen molar-refractivity contribution in [1.29, 1.82) is 0 Å². The summed E-state index contributed by atoms with van der Waals surface area (Å²) in [7, 11) is -4.14. The van der Waals surface area contributed by atoms with Crippen LogP contribution in [0.5, 0.6) is 0 Å². The van der Waals surface area contributed by atoms with Gasteiger partial charge < -0.3 is 10.0 Å². The van der Waals surface area contributed by atoms with Gasteiger partial charge in [0.25, 0.3) is 5.91 Å². The van der Waals surface area contributed by atoms with Crippen LogP contribution in [0.15, 0.2) is 23.1 Å². The molecule has 0 unspecified atom stereocenters. The van der Waals surface area contributed by atoms with Crippen molar-refractivity contribution in [1.82, 2.24) is 9.62 Å². The number of carboxylic acids is 1. The van der Waals surface area contributed by atoms with E-state index < -0.39 is 39.2 Å². The smallest absolute Gasteiger partial charge is 0.318 e. The van der Waals surface area contributed by atoms with E-state index in [-0.39, 0.29) is 5.56 Å². The Bertz CT molecular complexity index is 698. The zero-order valence-electron chi connectivity index (χ0n) is 11.6. The molecule has 0 radical (unpaired) electrons.